The van der Waals surface area contributed by atoms with Crippen molar-refractivity contribution in [2.75, 3.05) is 13.6 Å². The van der Waals surface area contributed by atoms with Gasteiger partial charge in [-0.15, -0.1) is 11.3 Å². The van der Waals surface area contributed by atoms with Crippen LogP contribution in [0.4, 0.5) is 0 Å². The van der Waals surface area contributed by atoms with E-state index in [1.165, 1.54) is 21.6 Å². The molecule has 1 heterocycles. The fourth-order valence-corrected chi connectivity index (χ4v) is 4.05. The van der Waals surface area contributed by atoms with Crippen molar-refractivity contribution in [3.63, 3.8) is 0 Å². The molecule has 0 bridgehead atoms. The SMILES string of the molecule is Cc1ccc(C(CN)N(C)Cc2cc(Br)cs2)c(C)c1. The highest BCUT2D eigenvalue weighted by Crippen LogP contribution is 2.27. The molecule has 0 amide bonds. The van der Waals surface area contributed by atoms with Crippen LogP contribution >= 0.6 is 27.3 Å². The first kappa shape index (κ1) is 15.7. The van der Waals surface area contributed by atoms with E-state index in [9.17, 15) is 0 Å². The van der Waals surface area contributed by atoms with Gasteiger partial charge in [0.05, 0.1) is 0 Å². The van der Waals surface area contributed by atoms with Gasteiger partial charge in [-0.05, 0) is 54.0 Å². The molecule has 0 saturated heterocycles. The molecule has 0 aliphatic rings. The van der Waals surface area contributed by atoms with Crippen molar-refractivity contribution in [2.24, 2.45) is 5.73 Å². The van der Waals surface area contributed by atoms with Crippen LogP contribution in [0.1, 0.15) is 27.6 Å². The van der Waals surface area contributed by atoms with Gasteiger partial charge in [0.15, 0.2) is 0 Å². The zero-order valence-electron chi connectivity index (χ0n) is 12.2. The molecule has 0 saturated carbocycles. The van der Waals surface area contributed by atoms with Gasteiger partial charge in [-0.1, -0.05) is 23.8 Å². The molecule has 0 fully saturated rings. The van der Waals surface area contributed by atoms with Crippen LogP contribution in [0.3, 0.4) is 0 Å². The van der Waals surface area contributed by atoms with Crippen molar-refractivity contribution < 1.29 is 0 Å². The molecule has 2 nitrogen and oxygen atoms in total. The maximum absolute atomic E-state index is 6.02. The average molecular weight is 353 g/mol. The molecule has 1 atom stereocenters. The predicted molar refractivity (Wildman–Crippen MR) is 91.2 cm³/mol. The number of nitrogens with zero attached hydrogens (tertiary/aromatic N) is 1. The van der Waals surface area contributed by atoms with Crippen LogP contribution in [-0.2, 0) is 6.54 Å². The molecule has 0 spiro atoms. The highest BCUT2D eigenvalue weighted by Gasteiger charge is 2.18. The largest absolute Gasteiger partial charge is 0.329 e. The normalized spacial score (nSPS) is 12.9. The highest BCUT2D eigenvalue weighted by molar-refractivity contribution is 9.10. The summed E-state index contributed by atoms with van der Waals surface area (Å²) in [5.41, 5.74) is 9.97. The average Bonchev–Trinajstić information content (AvgIpc) is 2.78. The highest BCUT2D eigenvalue weighted by atomic mass is 79.9. The third kappa shape index (κ3) is 3.70. The lowest BCUT2D eigenvalue weighted by Gasteiger charge is -2.28. The number of hydrogen-bond donors (Lipinski definition) is 1. The number of rotatable bonds is 5. The van der Waals surface area contributed by atoms with E-state index >= 15 is 0 Å². The fraction of sp³-hybridized carbons (Fsp3) is 0.375. The Morgan fingerprint density at radius 3 is 2.60 bits per heavy atom. The van der Waals surface area contributed by atoms with Gasteiger partial charge in [-0.25, -0.2) is 0 Å². The van der Waals surface area contributed by atoms with Gasteiger partial charge < -0.3 is 5.73 Å². The van der Waals surface area contributed by atoms with Gasteiger partial charge in [0, 0.05) is 33.9 Å². The summed E-state index contributed by atoms with van der Waals surface area (Å²) in [5.74, 6) is 0. The Kier molecular flexibility index (Phi) is 5.38. The van der Waals surface area contributed by atoms with E-state index in [4.69, 9.17) is 5.73 Å². The summed E-state index contributed by atoms with van der Waals surface area (Å²) in [6.07, 6.45) is 0. The number of hydrogen-bond acceptors (Lipinski definition) is 3. The van der Waals surface area contributed by atoms with Crippen molar-refractivity contribution in [2.45, 2.75) is 26.4 Å². The molecule has 1 unspecified atom stereocenters. The van der Waals surface area contributed by atoms with Crippen molar-refractivity contribution >= 4 is 27.3 Å². The zero-order valence-corrected chi connectivity index (χ0v) is 14.6. The number of halogens is 1. The number of benzene rings is 1. The van der Waals surface area contributed by atoms with Gasteiger partial charge in [0.25, 0.3) is 0 Å². The zero-order chi connectivity index (χ0) is 14.7. The molecule has 0 aliphatic heterocycles. The van der Waals surface area contributed by atoms with E-state index in [-0.39, 0.29) is 6.04 Å². The van der Waals surface area contributed by atoms with Crippen molar-refractivity contribution in [1.82, 2.24) is 4.90 Å². The van der Waals surface area contributed by atoms with Crippen LogP contribution in [0, 0.1) is 13.8 Å². The van der Waals surface area contributed by atoms with Gasteiger partial charge in [-0.2, -0.15) is 0 Å². The summed E-state index contributed by atoms with van der Waals surface area (Å²) >= 11 is 5.29. The molecule has 2 rings (SSSR count). The van der Waals surface area contributed by atoms with Crippen LogP contribution in [0.5, 0.6) is 0 Å². The monoisotopic (exact) mass is 352 g/mol. The summed E-state index contributed by atoms with van der Waals surface area (Å²) in [6, 6.07) is 9.05. The Morgan fingerprint density at radius 2 is 2.05 bits per heavy atom. The number of thiophene rings is 1. The molecule has 108 valence electrons. The lowest BCUT2D eigenvalue weighted by atomic mass is 9.98. The van der Waals surface area contributed by atoms with Crippen molar-refractivity contribution in [3.05, 3.63) is 55.7 Å². The second-order valence-electron chi connectivity index (χ2n) is 5.26. The summed E-state index contributed by atoms with van der Waals surface area (Å²) < 4.78 is 1.15. The topological polar surface area (TPSA) is 29.3 Å². The van der Waals surface area contributed by atoms with Gasteiger partial charge in [-0.3, -0.25) is 4.90 Å². The van der Waals surface area contributed by atoms with Crippen molar-refractivity contribution in [1.29, 1.82) is 0 Å². The Labute approximate surface area is 133 Å². The number of aryl methyl sites for hydroxylation is 2. The van der Waals surface area contributed by atoms with Gasteiger partial charge >= 0.3 is 0 Å². The van der Waals surface area contributed by atoms with Crippen LogP contribution in [-0.4, -0.2) is 18.5 Å². The van der Waals surface area contributed by atoms with E-state index in [0.717, 1.165) is 11.0 Å². The first-order chi connectivity index (χ1) is 9.51. The Bertz CT molecular complexity index is 580. The Balaban J connectivity index is 2.18. The maximum atomic E-state index is 6.02. The third-order valence-corrected chi connectivity index (χ3v) is 5.25. The van der Waals surface area contributed by atoms with Crippen LogP contribution < -0.4 is 5.73 Å². The molecule has 2 aromatic rings. The fourth-order valence-electron chi connectivity index (χ4n) is 2.54. The number of nitrogens with two attached hydrogens (primary N) is 1. The smallest absolute Gasteiger partial charge is 0.0473 e. The lowest BCUT2D eigenvalue weighted by molar-refractivity contribution is 0.243. The maximum Gasteiger partial charge on any atom is 0.0473 e. The van der Waals surface area contributed by atoms with Crippen molar-refractivity contribution in [3.8, 4) is 0 Å². The first-order valence-corrected chi connectivity index (χ1v) is 8.39. The molecule has 0 aliphatic carbocycles. The van der Waals surface area contributed by atoms with Crippen LogP contribution in [0.15, 0.2) is 34.1 Å². The molecule has 1 aromatic heterocycles. The summed E-state index contributed by atoms with van der Waals surface area (Å²) in [7, 11) is 2.14. The van der Waals surface area contributed by atoms with E-state index in [1.54, 1.807) is 11.3 Å². The quantitative estimate of drug-likeness (QED) is 0.870. The minimum Gasteiger partial charge on any atom is -0.329 e. The Morgan fingerprint density at radius 1 is 1.30 bits per heavy atom. The standard InChI is InChI=1S/C16H21BrN2S/c1-11-4-5-15(12(2)6-11)16(8-18)19(3)9-14-7-13(17)10-20-14/h4-7,10,16H,8-9,18H2,1-3H3. The molecule has 20 heavy (non-hydrogen) atoms. The molecule has 0 radical (unpaired) electrons. The molecule has 2 N–H and O–H groups in total. The molecule has 1 aromatic carbocycles. The summed E-state index contributed by atoms with van der Waals surface area (Å²) in [6.45, 7) is 5.85. The second-order valence-corrected chi connectivity index (χ2v) is 7.17. The van der Waals surface area contributed by atoms with E-state index < -0.39 is 0 Å². The van der Waals surface area contributed by atoms with E-state index in [2.05, 4.69) is 71.4 Å². The van der Waals surface area contributed by atoms with Crippen LogP contribution in [0.25, 0.3) is 0 Å². The van der Waals surface area contributed by atoms with Gasteiger partial charge in [0.1, 0.15) is 0 Å². The minimum absolute atomic E-state index is 0.261. The number of likely N-dealkylation sites (N-methyl/N-ethyl adjacent to an activating group) is 1. The predicted octanol–water partition coefficient (Wildman–Crippen LogP) is 4.26. The molecule has 4 heteroatoms. The lowest BCUT2D eigenvalue weighted by Crippen LogP contribution is -2.30. The minimum atomic E-state index is 0.261. The Hall–Kier alpha value is -0.680. The van der Waals surface area contributed by atoms with E-state index in [0.29, 0.717) is 6.54 Å². The molecular formula is C16H21BrN2S. The van der Waals surface area contributed by atoms with Gasteiger partial charge in [0.2, 0.25) is 0 Å². The second kappa shape index (κ2) is 6.85. The third-order valence-electron chi connectivity index (χ3n) is 3.57. The van der Waals surface area contributed by atoms with E-state index in [1.807, 2.05) is 0 Å². The van der Waals surface area contributed by atoms with Crippen LogP contribution in [0.2, 0.25) is 0 Å². The summed E-state index contributed by atoms with van der Waals surface area (Å²) in [4.78, 5) is 3.68. The molecular weight excluding hydrogens is 332 g/mol. The first-order valence-electron chi connectivity index (χ1n) is 6.71. The summed E-state index contributed by atoms with van der Waals surface area (Å²) in [5, 5.41) is 2.12.